The fourth-order valence-corrected chi connectivity index (χ4v) is 6.04. The molecule has 0 aliphatic carbocycles. The SMILES string of the molecule is CNc1cccc(-c2cnc3nnn(Cc4cccc(-c5ncc(C6=CN(CCN7CCCC7)C(C)CC=C6)cn5)c4)c3n2)c1. The molecule has 3 aromatic heterocycles. The van der Waals surface area contributed by atoms with E-state index in [0.29, 0.717) is 29.7 Å². The van der Waals surface area contributed by atoms with Crippen molar-refractivity contribution in [2.24, 2.45) is 0 Å². The minimum Gasteiger partial charge on any atom is -0.388 e. The van der Waals surface area contributed by atoms with Crippen LogP contribution < -0.4 is 5.32 Å². The molecular weight excluding hydrogens is 560 g/mol. The van der Waals surface area contributed by atoms with Gasteiger partial charge >= 0.3 is 0 Å². The lowest BCUT2D eigenvalue weighted by Crippen LogP contribution is -2.35. The predicted molar refractivity (Wildman–Crippen MR) is 178 cm³/mol. The average molecular weight is 599 g/mol. The van der Waals surface area contributed by atoms with Gasteiger partial charge in [-0.15, -0.1) is 5.10 Å². The lowest BCUT2D eigenvalue weighted by molar-refractivity contribution is 0.240. The van der Waals surface area contributed by atoms with Crippen LogP contribution in [-0.2, 0) is 6.54 Å². The molecule has 1 N–H and O–H groups in total. The van der Waals surface area contributed by atoms with E-state index in [4.69, 9.17) is 15.0 Å². The summed E-state index contributed by atoms with van der Waals surface area (Å²) in [5.41, 5.74) is 8.09. The summed E-state index contributed by atoms with van der Waals surface area (Å²) in [4.78, 5) is 24.0. The molecule has 228 valence electrons. The number of anilines is 1. The summed E-state index contributed by atoms with van der Waals surface area (Å²) in [5.74, 6) is 0.688. The molecule has 1 fully saturated rings. The third-order valence-electron chi connectivity index (χ3n) is 8.70. The van der Waals surface area contributed by atoms with E-state index in [1.807, 2.05) is 55.8 Å². The molecule has 45 heavy (non-hydrogen) atoms. The largest absolute Gasteiger partial charge is 0.388 e. The van der Waals surface area contributed by atoms with Crippen LogP contribution in [0.1, 0.15) is 37.3 Å². The van der Waals surface area contributed by atoms with Crippen LogP contribution in [0.25, 0.3) is 39.5 Å². The van der Waals surface area contributed by atoms with Crippen molar-refractivity contribution >= 4 is 22.6 Å². The summed E-state index contributed by atoms with van der Waals surface area (Å²) in [5, 5.41) is 11.8. The molecule has 5 aromatic rings. The van der Waals surface area contributed by atoms with Gasteiger partial charge in [0.25, 0.3) is 0 Å². The minimum atomic E-state index is 0.466. The lowest BCUT2D eigenvalue weighted by Gasteiger charge is -2.29. The molecule has 1 saturated heterocycles. The quantitative estimate of drug-likeness (QED) is 0.235. The zero-order chi connectivity index (χ0) is 30.6. The fraction of sp³-hybridized carbons (Fsp3) is 0.314. The molecule has 2 aliphatic heterocycles. The molecule has 0 amide bonds. The van der Waals surface area contributed by atoms with Crippen LogP contribution in [0.4, 0.5) is 5.69 Å². The van der Waals surface area contributed by atoms with Crippen LogP contribution in [0.3, 0.4) is 0 Å². The van der Waals surface area contributed by atoms with Gasteiger partial charge in [-0.2, -0.15) is 0 Å². The zero-order valence-electron chi connectivity index (χ0n) is 25.8. The molecule has 0 saturated carbocycles. The maximum atomic E-state index is 4.87. The fourth-order valence-electron chi connectivity index (χ4n) is 6.04. The Morgan fingerprint density at radius 2 is 1.71 bits per heavy atom. The van der Waals surface area contributed by atoms with Crippen molar-refractivity contribution in [1.29, 1.82) is 0 Å². The molecule has 1 atom stereocenters. The number of hydrogen-bond donors (Lipinski definition) is 1. The number of nitrogens with zero attached hydrogens (tertiary/aromatic N) is 9. The van der Waals surface area contributed by atoms with E-state index in [2.05, 4.69) is 67.8 Å². The Bertz CT molecular complexity index is 1840. The molecule has 1 unspecified atom stereocenters. The van der Waals surface area contributed by atoms with Crippen molar-refractivity contribution in [3.05, 3.63) is 96.6 Å². The molecule has 10 heteroatoms. The van der Waals surface area contributed by atoms with E-state index in [9.17, 15) is 0 Å². The molecule has 2 aromatic carbocycles. The first-order valence-electron chi connectivity index (χ1n) is 15.8. The molecule has 2 aliphatic rings. The highest BCUT2D eigenvalue weighted by Gasteiger charge is 2.18. The number of benzene rings is 2. The van der Waals surface area contributed by atoms with Crippen LogP contribution in [0, 0.1) is 0 Å². The highest BCUT2D eigenvalue weighted by Crippen LogP contribution is 2.25. The number of hydrogen-bond acceptors (Lipinski definition) is 9. The van der Waals surface area contributed by atoms with E-state index in [1.165, 1.54) is 25.9 Å². The van der Waals surface area contributed by atoms with Gasteiger partial charge in [0.15, 0.2) is 11.5 Å². The van der Waals surface area contributed by atoms with Gasteiger partial charge in [-0.1, -0.05) is 47.7 Å². The van der Waals surface area contributed by atoms with Gasteiger partial charge in [-0.3, -0.25) is 0 Å². The number of nitrogens with one attached hydrogen (secondary N) is 1. The normalized spacial score (nSPS) is 17.1. The van der Waals surface area contributed by atoms with Gasteiger partial charge < -0.3 is 15.1 Å². The lowest BCUT2D eigenvalue weighted by atomic mass is 10.1. The number of rotatable bonds is 9. The molecule has 10 nitrogen and oxygen atoms in total. The number of allylic oxidation sites excluding steroid dienone is 2. The molecule has 0 radical (unpaired) electrons. The molecule has 7 rings (SSSR count). The van der Waals surface area contributed by atoms with Crippen molar-refractivity contribution in [3.63, 3.8) is 0 Å². The summed E-state index contributed by atoms with van der Waals surface area (Å²) >= 11 is 0. The summed E-state index contributed by atoms with van der Waals surface area (Å²) < 4.78 is 1.79. The first-order chi connectivity index (χ1) is 22.1. The van der Waals surface area contributed by atoms with Gasteiger partial charge in [0.2, 0.25) is 5.65 Å². The smallest absolute Gasteiger partial charge is 0.221 e. The number of likely N-dealkylation sites (tertiary alicyclic amines) is 1. The van der Waals surface area contributed by atoms with E-state index < -0.39 is 0 Å². The summed E-state index contributed by atoms with van der Waals surface area (Å²) in [6.45, 7) is 7.41. The summed E-state index contributed by atoms with van der Waals surface area (Å²) in [6.07, 6.45) is 16.1. The van der Waals surface area contributed by atoms with Crippen molar-refractivity contribution in [1.82, 2.24) is 44.7 Å². The van der Waals surface area contributed by atoms with Gasteiger partial charge in [-0.05, 0) is 63.0 Å². The Morgan fingerprint density at radius 3 is 2.56 bits per heavy atom. The van der Waals surface area contributed by atoms with E-state index >= 15 is 0 Å². The zero-order valence-corrected chi connectivity index (χ0v) is 25.8. The standard InChI is InChI=1S/C35H38N10/c1-25-8-5-12-29(24-44(25)17-16-43-14-3-4-15-43)30-20-37-33(38-21-30)28-11-6-9-26(18-28)23-45-35-34(41-42-45)39-22-32(40-35)27-10-7-13-31(19-27)36-2/h5-7,9-13,18-22,24-25,36H,3-4,8,14-17,23H2,1-2H3. The molecule has 5 heterocycles. The van der Waals surface area contributed by atoms with Crippen LogP contribution >= 0.6 is 0 Å². The molecule has 0 bridgehead atoms. The van der Waals surface area contributed by atoms with Crippen molar-refractivity contribution in [3.8, 4) is 22.6 Å². The van der Waals surface area contributed by atoms with Crippen LogP contribution in [0.15, 0.2) is 85.5 Å². The Hall–Kier alpha value is -4.96. The average Bonchev–Trinajstić information content (AvgIpc) is 3.71. The van der Waals surface area contributed by atoms with Gasteiger partial charge in [0.05, 0.1) is 18.4 Å². The first-order valence-corrected chi connectivity index (χ1v) is 15.8. The maximum absolute atomic E-state index is 4.87. The van der Waals surface area contributed by atoms with E-state index in [0.717, 1.165) is 58.7 Å². The highest BCUT2D eigenvalue weighted by atomic mass is 15.4. The van der Waals surface area contributed by atoms with Crippen LogP contribution in [0.5, 0.6) is 0 Å². The van der Waals surface area contributed by atoms with Gasteiger partial charge in [0, 0.05) is 72.7 Å². The van der Waals surface area contributed by atoms with Crippen molar-refractivity contribution < 1.29 is 0 Å². The van der Waals surface area contributed by atoms with Crippen molar-refractivity contribution in [2.45, 2.75) is 38.8 Å². The Kier molecular flexibility index (Phi) is 8.29. The second-order valence-corrected chi connectivity index (χ2v) is 11.8. The monoisotopic (exact) mass is 598 g/mol. The summed E-state index contributed by atoms with van der Waals surface area (Å²) in [6, 6.07) is 16.8. The Morgan fingerprint density at radius 1 is 0.889 bits per heavy atom. The van der Waals surface area contributed by atoms with Crippen LogP contribution in [0.2, 0.25) is 0 Å². The molecular formula is C35H38N10. The topological polar surface area (TPSA) is 101 Å². The van der Waals surface area contributed by atoms with E-state index in [-0.39, 0.29) is 0 Å². The van der Waals surface area contributed by atoms with Crippen molar-refractivity contribution in [2.75, 3.05) is 38.5 Å². The number of fused-ring (bicyclic) bond motifs is 1. The van der Waals surface area contributed by atoms with Crippen LogP contribution in [-0.4, -0.2) is 84.0 Å². The Balaban J connectivity index is 1.08. The summed E-state index contributed by atoms with van der Waals surface area (Å²) in [7, 11) is 1.90. The Labute approximate surface area is 263 Å². The number of aromatic nitrogens is 7. The predicted octanol–water partition coefficient (Wildman–Crippen LogP) is 5.52. The minimum absolute atomic E-state index is 0.466. The third kappa shape index (κ3) is 6.46. The van der Waals surface area contributed by atoms with Gasteiger partial charge in [0.1, 0.15) is 0 Å². The molecule has 0 spiro atoms. The maximum Gasteiger partial charge on any atom is 0.221 e. The van der Waals surface area contributed by atoms with Gasteiger partial charge in [-0.25, -0.2) is 24.6 Å². The second-order valence-electron chi connectivity index (χ2n) is 11.8. The third-order valence-corrected chi connectivity index (χ3v) is 8.70. The first kappa shape index (κ1) is 28.8. The highest BCUT2D eigenvalue weighted by molar-refractivity contribution is 5.74. The second kappa shape index (κ2) is 13.0. The van der Waals surface area contributed by atoms with E-state index in [1.54, 1.807) is 10.9 Å².